The summed E-state index contributed by atoms with van der Waals surface area (Å²) in [5.41, 5.74) is 6.12. The van der Waals surface area contributed by atoms with Crippen LogP contribution in [0.3, 0.4) is 0 Å². The molecular formula is C14H25ClN2O3S. The highest BCUT2D eigenvalue weighted by Crippen LogP contribution is 2.20. The molecule has 0 aliphatic rings. The van der Waals surface area contributed by atoms with E-state index in [9.17, 15) is 8.42 Å². The topological polar surface area (TPSA) is 72.6 Å². The third kappa shape index (κ3) is 6.22. The Hall–Kier alpha value is -0.820. The molecule has 0 fully saturated rings. The second-order valence-corrected chi connectivity index (χ2v) is 7.81. The second kappa shape index (κ2) is 7.98. The van der Waals surface area contributed by atoms with Crippen molar-refractivity contribution in [2.24, 2.45) is 11.1 Å². The Labute approximate surface area is 133 Å². The van der Waals surface area contributed by atoms with Crippen molar-refractivity contribution < 1.29 is 13.2 Å². The zero-order valence-electron chi connectivity index (χ0n) is 13.0. The first kappa shape index (κ1) is 20.2. The fourth-order valence-electron chi connectivity index (χ4n) is 1.85. The van der Waals surface area contributed by atoms with Crippen molar-refractivity contribution in [1.29, 1.82) is 0 Å². The van der Waals surface area contributed by atoms with Crippen LogP contribution < -0.4 is 10.5 Å². The summed E-state index contributed by atoms with van der Waals surface area (Å²) in [6.07, 6.45) is 0. The molecule has 0 bridgehead atoms. The predicted octanol–water partition coefficient (Wildman–Crippen LogP) is 1.86. The number of hydrogen-bond acceptors (Lipinski definition) is 4. The first-order valence-corrected chi connectivity index (χ1v) is 8.08. The molecule has 7 heteroatoms. The normalized spacial score (nSPS) is 12.1. The molecule has 0 amide bonds. The zero-order valence-corrected chi connectivity index (χ0v) is 14.6. The first-order chi connectivity index (χ1) is 9.20. The molecule has 2 N–H and O–H groups in total. The Kier molecular flexibility index (Phi) is 7.67. The van der Waals surface area contributed by atoms with E-state index in [1.807, 2.05) is 13.8 Å². The lowest BCUT2D eigenvalue weighted by molar-refractivity contribution is 0.291. The van der Waals surface area contributed by atoms with Crippen LogP contribution in [0.2, 0.25) is 0 Å². The molecule has 1 rings (SSSR count). The van der Waals surface area contributed by atoms with Crippen molar-refractivity contribution in [1.82, 2.24) is 4.31 Å². The van der Waals surface area contributed by atoms with Gasteiger partial charge in [-0.1, -0.05) is 26.0 Å². The first-order valence-electron chi connectivity index (χ1n) is 6.47. The second-order valence-electron chi connectivity index (χ2n) is 5.73. The highest BCUT2D eigenvalue weighted by atomic mass is 35.5. The van der Waals surface area contributed by atoms with E-state index >= 15 is 0 Å². The number of benzene rings is 1. The minimum absolute atomic E-state index is 0. The molecule has 1 aromatic carbocycles. The Balaban J connectivity index is 0.00000400. The molecule has 0 saturated heterocycles. The number of methoxy groups -OCH3 is 1. The molecule has 0 aromatic heterocycles. The van der Waals surface area contributed by atoms with E-state index in [-0.39, 0.29) is 23.6 Å². The van der Waals surface area contributed by atoms with Gasteiger partial charge in [0.15, 0.2) is 0 Å². The van der Waals surface area contributed by atoms with Gasteiger partial charge in [-0.15, -0.1) is 12.4 Å². The number of nitrogens with zero attached hydrogens (tertiary/aromatic N) is 1. The lowest BCUT2D eigenvalue weighted by Gasteiger charge is -2.28. The third-order valence-corrected chi connectivity index (χ3v) is 4.94. The largest absolute Gasteiger partial charge is 0.497 e. The summed E-state index contributed by atoms with van der Waals surface area (Å²) in [6.45, 7) is 4.73. The van der Waals surface area contributed by atoms with Crippen molar-refractivity contribution in [3.8, 4) is 5.75 Å². The summed E-state index contributed by atoms with van der Waals surface area (Å²) in [5.74, 6) is 0.615. The molecule has 5 nitrogen and oxygen atoms in total. The third-order valence-electron chi connectivity index (χ3n) is 3.16. The van der Waals surface area contributed by atoms with E-state index in [0.717, 1.165) is 0 Å². The molecule has 0 aliphatic carbocycles. The number of hydrogen-bond donors (Lipinski definition) is 1. The average Bonchev–Trinajstić information content (AvgIpc) is 2.38. The van der Waals surface area contributed by atoms with Crippen molar-refractivity contribution in [2.75, 3.05) is 27.2 Å². The Morgan fingerprint density at radius 3 is 2.48 bits per heavy atom. The van der Waals surface area contributed by atoms with Crippen LogP contribution in [-0.2, 0) is 15.8 Å². The summed E-state index contributed by atoms with van der Waals surface area (Å²) in [6, 6.07) is 7.09. The Morgan fingerprint density at radius 1 is 1.33 bits per heavy atom. The number of halogens is 1. The highest BCUT2D eigenvalue weighted by molar-refractivity contribution is 7.88. The maximum Gasteiger partial charge on any atom is 0.218 e. The van der Waals surface area contributed by atoms with Crippen molar-refractivity contribution >= 4 is 22.4 Å². The molecule has 0 atom stereocenters. The summed E-state index contributed by atoms with van der Waals surface area (Å²) < 4.78 is 31.2. The van der Waals surface area contributed by atoms with E-state index in [1.165, 1.54) is 4.31 Å². The maximum absolute atomic E-state index is 12.3. The van der Waals surface area contributed by atoms with Gasteiger partial charge in [-0.2, -0.15) is 0 Å². The van der Waals surface area contributed by atoms with Crippen LogP contribution in [0.5, 0.6) is 5.75 Å². The molecule has 21 heavy (non-hydrogen) atoms. The van der Waals surface area contributed by atoms with E-state index in [1.54, 1.807) is 38.4 Å². The van der Waals surface area contributed by atoms with E-state index in [0.29, 0.717) is 24.4 Å². The van der Waals surface area contributed by atoms with E-state index in [4.69, 9.17) is 10.5 Å². The van der Waals surface area contributed by atoms with E-state index < -0.39 is 10.0 Å². The summed E-state index contributed by atoms with van der Waals surface area (Å²) in [7, 11) is -0.210. The Morgan fingerprint density at radius 2 is 1.95 bits per heavy atom. The molecule has 0 heterocycles. The SMILES string of the molecule is COc1cccc(CS(=O)(=O)N(C)CC(C)(C)CN)c1.Cl. The Bertz CT molecular complexity index is 547. The molecular weight excluding hydrogens is 312 g/mol. The smallest absolute Gasteiger partial charge is 0.218 e. The summed E-state index contributed by atoms with van der Waals surface area (Å²) in [5, 5.41) is 0. The van der Waals surface area contributed by atoms with Gasteiger partial charge in [0.25, 0.3) is 0 Å². The fourth-order valence-corrected chi connectivity index (χ4v) is 3.22. The van der Waals surface area contributed by atoms with Gasteiger partial charge in [0.1, 0.15) is 5.75 Å². The molecule has 0 saturated carbocycles. The van der Waals surface area contributed by atoms with Crippen LogP contribution in [-0.4, -0.2) is 40.0 Å². The molecule has 0 unspecified atom stereocenters. The van der Waals surface area contributed by atoms with Crippen LogP contribution in [0.4, 0.5) is 0 Å². The van der Waals surface area contributed by atoms with Crippen molar-refractivity contribution in [2.45, 2.75) is 19.6 Å². The molecule has 1 aromatic rings. The van der Waals surface area contributed by atoms with Gasteiger partial charge in [-0.05, 0) is 29.7 Å². The predicted molar refractivity (Wildman–Crippen MR) is 88.3 cm³/mol. The minimum Gasteiger partial charge on any atom is -0.497 e. The lowest BCUT2D eigenvalue weighted by atomic mass is 9.94. The standard InChI is InChI=1S/C14H24N2O3S.ClH/c1-14(2,10-15)11-16(3)20(17,18)9-12-6-5-7-13(8-12)19-4;/h5-8H,9-11,15H2,1-4H3;1H. The summed E-state index contributed by atoms with van der Waals surface area (Å²) >= 11 is 0. The lowest BCUT2D eigenvalue weighted by Crippen LogP contribution is -2.40. The monoisotopic (exact) mass is 336 g/mol. The van der Waals surface area contributed by atoms with Crippen LogP contribution >= 0.6 is 12.4 Å². The van der Waals surface area contributed by atoms with E-state index in [2.05, 4.69) is 0 Å². The minimum atomic E-state index is -3.36. The number of sulfonamides is 1. The van der Waals surface area contributed by atoms with Gasteiger partial charge >= 0.3 is 0 Å². The number of rotatable bonds is 7. The van der Waals surface area contributed by atoms with Crippen LogP contribution in [0.25, 0.3) is 0 Å². The summed E-state index contributed by atoms with van der Waals surface area (Å²) in [4.78, 5) is 0. The maximum atomic E-state index is 12.3. The zero-order chi connectivity index (χ0) is 15.4. The highest BCUT2D eigenvalue weighted by Gasteiger charge is 2.25. The molecule has 122 valence electrons. The van der Waals surface area contributed by atoms with Crippen LogP contribution in [0.15, 0.2) is 24.3 Å². The average molecular weight is 337 g/mol. The van der Waals surface area contributed by atoms with Crippen molar-refractivity contribution in [3.63, 3.8) is 0 Å². The van der Waals surface area contributed by atoms with Crippen molar-refractivity contribution in [3.05, 3.63) is 29.8 Å². The van der Waals surface area contributed by atoms with Gasteiger partial charge in [0, 0.05) is 13.6 Å². The number of nitrogens with two attached hydrogens (primary N) is 1. The van der Waals surface area contributed by atoms with Gasteiger partial charge in [0.2, 0.25) is 10.0 Å². The fraction of sp³-hybridized carbons (Fsp3) is 0.571. The molecule has 0 aliphatic heterocycles. The van der Waals surface area contributed by atoms with Gasteiger partial charge in [0.05, 0.1) is 12.9 Å². The van der Waals surface area contributed by atoms with Gasteiger partial charge in [-0.3, -0.25) is 0 Å². The van der Waals surface area contributed by atoms with Crippen LogP contribution in [0.1, 0.15) is 19.4 Å². The van der Waals surface area contributed by atoms with Gasteiger partial charge < -0.3 is 10.5 Å². The molecule has 0 radical (unpaired) electrons. The quantitative estimate of drug-likeness (QED) is 0.825. The number of ether oxygens (including phenoxy) is 1. The molecule has 0 spiro atoms. The van der Waals surface area contributed by atoms with Gasteiger partial charge in [-0.25, -0.2) is 12.7 Å². The van der Waals surface area contributed by atoms with Crippen LogP contribution in [0, 0.1) is 5.41 Å².